The molecule has 1 aromatic carbocycles. The van der Waals surface area contributed by atoms with Gasteiger partial charge >= 0.3 is 11.8 Å². The third-order valence-corrected chi connectivity index (χ3v) is 5.57. The molecule has 0 aliphatic carbocycles. The highest BCUT2D eigenvalue weighted by Gasteiger charge is 2.48. The number of rotatable bonds is 3. The van der Waals surface area contributed by atoms with E-state index in [-0.39, 0.29) is 13.0 Å². The van der Waals surface area contributed by atoms with Crippen molar-refractivity contribution in [1.29, 1.82) is 0 Å². The lowest BCUT2D eigenvalue weighted by Gasteiger charge is -2.42. The van der Waals surface area contributed by atoms with Gasteiger partial charge in [-0.25, -0.2) is 13.8 Å². The van der Waals surface area contributed by atoms with Crippen molar-refractivity contribution in [1.82, 2.24) is 9.88 Å². The molecule has 0 spiro atoms. The van der Waals surface area contributed by atoms with Crippen LogP contribution < -0.4 is 11.1 Å². The summed E-state index contributed by atoms with van der Waals surface area (Å²) in [5.74, 6) is -5.46. The number of alkyl halides is 2. The minimum Gasteiger partial charge on any atom is -0.383 e. The largest absolute Gasteiger partial charge is 0.383 e. The highest BCUT2D eigenvalue weighted by molar-refractivity contribution is 6.39. The van der Waals surface area contributed by atoms with Crippen molar-refractivity contribution in [3.8, 4) is 0 Å². The van der Waals surface area contributed by atoms with Crippen molar-refractivity contribution in [3.05, 3.63) is 52.7 Å². The monoisotopic (exact) mass is 436 g/mol. The van der Waals surface area contributed by atoms with Crippen LogP contribution in [0.5, 0.6) is 0 Å². The Bertz CT molecular complexity index is 970. The Kier molecular flexibility index (Phi) is 6.26. The third-order valence-electron chi connectivity index (χ3n) is 5.33. The molecule has 30 heavy (non-hydrogen) atoms. The van der Waals surface area contributed by atoms with Gasteiger partial charge in [0.1, 0.15) is 5.82 Å². The number of nitrogens with two attached hydrogens (primary N) is 1. The molecule has 1 saturated heterocycles. The smallest absolute Gasteiger partial charge is 0.313 e. The Morgan fingerprint density at radius 2 is 2.10 bits per heavy atom. The van der Waals surface area contributed by atoms with Crippen molar-refractivity contribution in [2.24, 2.45) is 5.92 Å². The van der Waals surface area contributed by atoms with Crippen LogP contribution in [0.2, 0.25) is 5.02 Å². The van der Waals surface area contributed by atoms with Crippen molar-refractivity contribution >= 4 is 34.9 Å². The van der Waals surface area contributed by atoms with Gasteiger partial charge in [0.05, 0.1) is 11.9 Å². The third kappa shape index (κ3) is 4.87. The number of nitrogens with zero attached hydrogens (tertiary/aromatic N) is 2. The summed E-state index contributed by atoms with van der Waals surface area (Å²) in [5, 5.41) is 2.96. The molecule has 2 amide bonds. The van der Waals surface area contributed by atoms with E-state index in [0.29, 0.717) is 22.1 Å². The van der Waals surface area contributed by atoms with Gasteiger partial charge in [0.15, 0.2) is 0 Å². The van der Waals surface area contributed by atoms with Crippen LogP contribution in [0.4, 0.5) is 20.3 Å². The highest BCUT2D eigenvalue weighted by Crippen LogP contribution is 2.37. The van der Waals surface area contributed by atoms with Crippen molar-refractivity contribution < 1.29 is 18.4 Å². The van der Waals surface area contributed by atoms with Gasteiger partial charge in [-0.15, -0.1) is 0 Å². The number of amides is 2. The number of anilines is 2. The van der Waals surface area contributed by atoms with Crippen LogP contribution in [-0.4, -0.2) is 40.2 Å². The Labute approximate surface area is 178 Å². The van der Waals surface area contributed by atoms with Crippen molar-refractivity contribution in [2.45, 2.75) is 38.7 Å². The molecule has 9 heteroatoms. The second-order valence-electron chi connectivity index (χ2n) is 7.69. The van der Waals surface area contributed by atoms with E-state index in [4.69, 9.17) is 17.3 Å². The second-order valence-corrected chi connectivity index (χ2v) is 8.13. The van der Waals surface area contributed by atoms with Gasteiger partial charge in [-0.1, -0.05) is 30.7 Å². The van der Waals surface area contributed by atoms with Crippen LogP contribution in [0, 0.1) is 12.8 Å². The molecule has 0 saturated carbocycles. The van der Waals surface area contributed by atoms with Gasteiger partial charge in [0.2, 0.25) is 0 Å². The number of piperidine rings is 1. The number of pyridine rings is 1. The summed E-state index contributed by atoms with van der Waals surface area (Å²) in [5.41, 5.74) is 7.33. The molecule has 3 N–H and O–H groups in total. The Morgan fingerprint density at radius 1 is 1.37 bits per heavy atom. The first-order valence-corrected chi connectivity index (χ1v) is 9.91. The topological polar surface area (TPSA) is 88.3 Å². The number of nitrogen functional groups attached to an aromatic ring is 1. The van der Waals surface area contributed by atoms with Crippen molar-refractivity contribution in [3.63, 3.8) is 0 Å². The number of hydrogen-bond acceptors (Lipinski definition) is 4. The molecule has 2 heterocycles. The Morgan fingerprint density at radius 3 is 2.77 bits per heavy atom. The summed E-state index contributed by atoms with van der Waals surface area (Å²) in [7, 11) is 0. The van der Waals surface area contributed by atoms with E-state index in [2.05, 4.69) is 10.3 Å². The number of carbonyl (C=O) groups excluding carboxylic acids is 2. The minimum absolute atomic E-state index is 0.171. The first kappa shape index (κ1) is 22.0. The number of likely N-dealkylation sites (tertiary alicyclic amines) is 1. The SMILES string of the molecule is Cc1cc(NC(=O)C(=O)N2C[C@@H](C)C(F)(F)CC2Cc2cccc(Cl)c2)cnc1N. The highest BCUT2D eigenvalue weighted by atomic mass is 35.5. The van der Waals surface area contributed by atoms with E-state index in [0.717, 1.165) is 5.56 Å². The molecule has 3 rings (SSSR count). The second kappa shape index (κ2) is 8.55. The number of benzene rings is 1. The van der Waals surface area contributed by atoms with E-state index in [1.807, 2.05) is 0 Å². The summed E-state index contributed by atoms with van der Waals surface area (Å²) >= 11 is 6.00. The maximum absolute atomic E-state index is 14.4. The molecule has 1 aliphatic heterocycles. The van der Waals surface area contributed by atoms with E-state index >= 15 is 0 Å². The van der Waals surface area contributed by atoms with E-state index in [1.165, 1.54) is 18.0 Å². The Hall–Kier alpha value is -2.74. The van der Waals surface area contributed by atoms with Crippen molar-refractivity contribution in [2.75, 3.05) is 17.6 Å². The van der Waals surface area contributed by atoms with Gasteiger partial charge in [-0.2, -0.15) is 0 Å². The number of aromatic nitrogens is 1. The normalized spacial score (nSPS) is 20.6. The van der Waals surface area contributed by atoms with Crippen LogP contribution >= 0.6 is 11.6 Å². The zero-order valence-corrected chi connectivity index (χ0v) is 17.4. The molecule has 1 unspecified atom stereocenters. The fraction of sp³-hybridized carbons (Fsp3) is 0.381. The number of nitrogens with one attached hydrogen (secondary N) is 1. The average Bonchev–Trinajstić information content (AvgIpc) is 2.66. The lowest BCUT2D eigenvalue weighted by molar-refractivity contribution is -0.158. The molecule has 1 fully saturated rings. The van der Waals surface area contributed by atoms with E-state index < -0.39 is 36.1 Å². The van der Waals surface area contributed by atoms with Gasteiger partial charge in [-0.3, -0.25) is 9.59 Å². The van der Waals surface area contributed by atoms with Crippen LogP contribution in [-0.2, 0) is 16.0 Å². The summed E-state index contributed by atoms with van der Waals surface area (Å²) in [6, 6.07) is 7.58. The van der Waals surface area contributed by atoms with Crippen LogP contribution in [0.25, 0.3) is 0 Å². The van der Waals surface area contributed by atoms with Gasteiger partial charge in [0, 0.05) is 29.9 Å². The molecule has 6 nitrogen and oxygen atoms in total. The molecule has 1 aliphatic rings. The van der Waals surface area contributed by atoms with E-state index in [1.54, 1.807) is 37.3 Å². The minimum atomic E-state index is -2.94. The van der Waals surface area contributed by atoms with Gasteiger partial charge < -0.3 is 16.0 Å². The maximum atomic E-state index is 14.4. The fourth-order valence-electron chi connectivity index (χ4n) is 3.54. The Balaban J connectivity index is 1.80. The maximum Gasteiger partial charge on any atom is 0.313 e. The number of carbonyl (C=O) groups is 2. The van der Waals surface area contributed by atoms with Crippen LogP contribution in [0.1, 0.15) is 24.5 Å². The van der Waals surface area contributed by atoms with Crippen LogP contribution in [0.3, 0.4) is 0 Å². The summed E-state index contributed by atoms with van der Waals surface area (Å²) in [4.78, 5) is 30.6. The lowest BCUT2D eigenvalue weighted by atomic mass is 9.87. The lowest BCUT2D eigenvalue weighted by Crippen LogP contribution is -2.57. The molecular weight excluding hydrogens is 414 g/mol. The molecule has 0 bridgehead atoms. The average molecular weight is 437 g/mol. The molecule has 0 radical (unpaired) electrons. The standard InChI is InChI=1S/C21H23ClF2N4O2/c1-12-6-16(10-26-18(12)25)27-19(29)20(30)28-11-13(2)21(23,24)9-17(28)8-14-4-3-5-15(22)7-14/h3-7,10,13,17H,8-9,11H2,1-2H3,(H2,25,26)(H,27,29)/t13-,17?/m1/s1. The van der Waals surface area contributed by atoms with Crippen LogP contribution in [0.15, 0.2) is 36.5 Å². The van der Waals surface area contributed by atoms with Gasteiger partial charge in [-0.05, 0) is 42.7 Å². The summed E-state index contributed by atoms with van der Waals surface area (Å²) in [6.45, 7) is 2.87. The predicted octanol–water partition coefficient (Wildman–Crippen LogP) is 3.68. The molecule has 160 valence electrons. The molecular formula is C21H23ClF2N4O2. The first-order chi connectivity index (χ1) is 14.1. The molecule has 1 aromatic heterocycles. The number of aryl methyl sites for hydroxylation is 1. The zero-order chi connectivity index (χ0) is 22.1. The molecule has 2 aromatic rings. The zero-order valence-electron chi connectivity index (χ0n) is 16.7. The summed E-state index contributed by atoms with van der Waals surface area (Å²) in [6.07, 6.45) is 0.983. The number of hydrogen-bond donors (Lipinski definition) is 2. The van der Waals surface area contributed by atoms with Gasteiger partial charge in [0.25, 0.3) is 5.92 Å². The quantitative estimate of drug-likeness (QED) is 0.718. The fourth-order valence-corrected chi connectivity index (χ4v) is 3.75. The first-order valence-electron chi connectivity index (χ1n) is 9.53. The predicted molar refractivity (Wildman–Crippen MR) is 111 cm³/mol. The number of halogens is 3. The summed E-state index contributed by atoms with van der Waals surface area (Å²) < 4.78 is 28.8. The molecule has 2 atom stereocenters. The van der Waals surface area contributed by atoms with E-state index in [9.17, 15) is 18.4 Å².